The third-order valence-corrected chi connectivity index (χ3v) is 5.22. The lowest BCUT2D eigenvalue weighted by atomic mass is 9.78. The molecule has 0 aliphatic carbocycles. The zero-order valence-electron chi connectivity index (χ0n) is 13.2. The normalized spacial score (nSPS) is 20.3. The number of piperidine rings is 1. The van der Waals surface area contributed by atoms with Gasteiger partial charge in [0.1, 0.15) is 0 Å². The molecule has 1 N–H and O–H groups in total. The van der Waals surface area contributed by atoms with Gasteiger partial charge in [-0.25, -0.2) is 0 Å². The van der Waals surface area contributed by atoms with E-state index in [0.29, 0.717) is 17.4 Å². The molecule has 22 heavy (non-hydrogen) atoms. The Kier molecular flexibility index (Phi) is 4.30. The number of likely N-dealkylation sites (tertiary alicyclic amines) is 1. The Morgan fingerprint density at radius 3 is 2.36 bits per heavy atom. The number of hydrogen-bond acceptors (Lipinski definition) is 3. The minimum Gasteiger partial charge on any atom is -0.342 e. The number of nitrogens with one attached hydrogen (secondary N) is 1. The minimum atomic E-state index is 0.0596. The van der Waals surface area contributed by atoms with Crippen LogP contribution in [0.15, 0.2) is 24.3 Å². The van der Waals surface area contributed by atoms with E-state index >= 15 is 0 Å². The Morgan fingerprint density at radius 1 is 1.14 bits per heavy atom. The molecule has 1 spiro atoms. The molecule has 1 amide bonds. The number of carbonyl (C=O) groups excluding carboxylic acids is 2. The quantitative estimate of drug-likeness (QED) is 0.869. The molecule has 2 aliphatic rings. The summed E-state index contributed by atoms with van der Waals surface area (Å²) in [6.45, 7) is 5.55. The maximum Gasteiger partial charge on any atom is 0.226 e. The summed E-state index contributed by atoms with van der Waals surface area (Å²) in [6, 6.07) is 7.39. The van der Waals surface area contributed by atoms with Crippen molar-refractivity contribution in [1.82, 2.24) is 10.2 Å². The molecule has 0 aromatic heterocycles. The van der Waals surface area contributed by atoms with Crippen molar-refractivity contribution in [3.8, 4) is 0 Å². The van der Waals surface area contributed by atoms with Crippen molar-refractivity contribution in [2.45, 2.75) is 32.6 Å². The number of benzene rings is 1. The maximum absolute atomic E-state index is 12.4. The Bertz CT molecular complexity index is 549. The summed E-state index contributed by atoms with van der Waals surface area (Å²) in [4.78, 5) is 25.7. The first kappa shape index (κ1) is 15.2. The van der Waals surface area contributed by atoms with Crippen molar-refractivity contribution in [1.29, 1.82) is 0 Å². The van der Waals surface area contributed by atoms with Gasteiger partial charge in [0.15, 0.2) is 5.78 Å². The predicted molar refractivity (Wildman–Crippen MR) is 85.9 cm³/mol. The summed E-state index contributed by atoms with van der Waals surface area (Å²) in [5.74, 6) is 0.265. The average Bonchev–Trinajstić information content (AvgIpc) is 2.96. The van der Waals surface area contributed by atoms with Gasteiger partial charge in [-0.15, -0.1) is 0 Å². The Balaban J connectivity index is 1.55. The van der Waals surface area contributed by atoms with Crippen molar-refractivity contribution in [3.63, 3.8) is 0 Å². The summed E-state index contributed by atoms with van der Waals surface area (Å²) in [5, 5.41) is 3.45. The maximum atomic E-state index is 12.4. The fourth-order valence-corrected chi connectivity index (χ4v) is 3.60. The standard InChI is InChI=1S/C18H24N2O2/c1-14(21)16-4-2-15(3-5-16)12-17(22)20-10-7-18(8-11-20)6-9-19-13-18/h2-5,19H,6-13H2,1H3. The second kappa shape index (κ2) is 6.21. The van der Waals surface area contributed by atoms with E-state index in [1.807, 2.05) is 17.0 Å². The SMILES string of the molecule is CC(=O)c1ccc(CC(=O)N2CCC3(CCNC3)CC2)cc1. The van der Waals surface area contributed by atoms with E-state index in [-0.39, 0.29) is 11.7 Å². The van der Waals surface area contributed by atoms with Crippen molar-refractivity contribution in [2.75, 3.05) is 26.2 Å². The third-order valence-electron chi connectivity index (χ3n) is 5.22. The molecule has 2 fully saturated rings. The van der Waals surface area contributed by atoms with E-state index in [1.165, 1.54) is 6.42 Å². The largest absolute Gasteiger partial charge is 0.342 e. The molecular weight excluding hydrogens is 276 g/mol. The summed E-state index contributed by atoms with van der Waals surface area (Å²) >= 11 is 0. The van der Waals surface area contributed by atoms with Gasteiger partial charge < -0.3 is 10.2 Å². The molecule has 3 rings (SSSR count). The fourth-order valence-electron chi connectivity index (χ4n) is 3.60. The van der Waals surface area contributed by atoms with Crippen molar-refractivity contribution >= 4 is 11.7 Å². The molecule has 2 heterocycles. The number of ketones is 1. The Morgan fingerprint density at radius 2 is 1.82 bits per heavy atom. The van der Waals surface area contributed by atoms with Crippen LogP contribution < -0.4 is 5.32 Å². The van der Waals surface area contributed by atoms with Gasteiger partial charge in [-0.05, 0) is 43.7 Å². The van der Waals surface area contributed by atoms with E-state index in [0.717, 1.165) is 44.6 Å². The molecular formula is C18H24N2O2. The van der Waals surface area contributed by atoms with Gasteiger partial charge >= 0.3 is 0 Å². The predicted octanol–water partition coefficient (Wildman–Crippen LogP) is 2.03. The summed E-state index contributed by atoms with van der Waals surface area (Å²) in [7, 11) is 0. The summed E-state index contributed by atoms with van der Waals surface area (Å²) < 4.78 is 0. The van der Waals surface area contributed by atoms with Crippen LogP contribution in [0.3, 0.4) is 0 Å². The molecule has 4 heteroatoms. The topological polar surface area (TPSA) is 49.4 Å². The van der Waals surface area contributed by atoms with E-state index < -0.39 is 0 Å². The number of rotatable bonds is 3. The first-order valence-electron chi connectivity index (χ1n) is 8.16. The molecule has 0 radical (unpaired) electrons. The van der Waals surface area contributed by atoms with Crippen LogP contribution >= 0.6 is 0 Å². The van der Waals surface area contributed by atoms with Crippen molar-refractivity contribution < 1.29 is 9.59 Å². The van der Waals surface area contributed by atoms with Gasteiger partial charge in [0, 0.05) is 25.2 Å². The van der Waals surface area contributed by atoms with Gasteiger partial charge in [0.25, 0.3) is 0 Å². The smallest absolute Gasteiger partial charge is 0.226 e. The van der Waals surface area contributed by atoms with Gasteiger partial charge in [-0.3, -0.25) is 9.59 Å². The lowest BCUT2D eigenvalue weighted by Gasteiger charge is -2.39. The van der Waals surface area contributed by atoms with Crippen molar-refractivity contribution in [2.24, 2.45) is 5.41 Å². The van der Waals surface area contributed by atoms with Crippen LogP contribution in [0.2, 0.25) is 0 Å². The van der Waals surface area contributed by atoms with E-state index in [2.05, 4.69) is 5.32 Å². The number of nitrogens with zero attached hydrogens (tertiary/aromatic N) is 1. The Hall–Kier alpha value is -1.68. The second-order valence-corrected chi connectivity index (χ2v) is 6.74. The summed E-state index contributed by atoms with van der Waals surface area (Å²) in [5.41, 5.74) is 2.13. The molecule has 1 aromatic carbocycles. The van der Waals surface area contributed by atoms with Gasteiger partial charge in [-0.1, -0.05) is 24.3 Å². The first-order chi connectivity index (χ1) is 10.6. The molecule has 2 saturated heterocycles. The molecule has 1 aromatic rings. The molecule has 0 bridgehead atoms. The monoisotopic (exact) mass is 300 g/mol. The third kappa shape index (κ3) is 3.22. The van der Waals surface area contributed by atoms with E-state index in [9.17, 15) is 9.59 Å². The lowest BCUT2D eigenvalue weighted by Crippen LogP contribution is -2.44. The van der Waals surface area contributed by atoms with E-state index in [1.54, 1.807) is 19.1 Å². The summed E-state index contributed by atoms with van der Waals surface area (Å²) in [6.07, 6.45) is 3.93. The molecule has 0 atom stereocenters. The highest BCUT2D eigenvalue weighted by atomic mass is 16.2. The van der Waals surface area contributed by atoms with Gasteiger partial charge in [-0.2, -0.15) is 0 Å². The molecule has 2 aliphatic heterocycles. The fraction of sp³-hybridized carbons (Fsp3) is 0.556. The zero-order chi connectivity index (χ0) is 15.6. The molecule has 0 unspecified atom stereocenters. The second-order valence-electron chi connectivity index (χ2n) is 6.74. The van der Waals surface area contributed by atoms with Crippen LogP contribution in [0, 0.1) is 5.41 Å². The molecule has 4 nitrogen and oxygen atoms in total. The van der Waals surface area contributed by atoms with Crippen LogP contribution in [0.5, 0.6) is 0 Å². The number of amides is 1. The van der Waals surface area contributed by atoms with E-state index in [4.69, 9.17) is 0 Å². The van der Waals surface area contributed by atoms with Crippen LogP contribution in [0.25, 0.3) is 0 Å². The average molecular weight is 300 g/mol. The Labute approximate surface area is 131 Å². The number of hydrogen-bond donors (Lipinski definition) is 1. The highest BCUT2D eigenvalue weighted by Crippen LogP contribution is 2.36. The minimum absolute atomic E-state index is 0.0596. The zero-order valence-corrected chi connectivity index (χ0v) is 13.2. The van der Waals surface area contributed by atoms with Crippen LogP contribution in [0.4, 0.5) is 0 Å². The van der Waals surface area contributed by atoms with Gasteiger partial charge in [0.2, 0.25) is 5.91 Å². The highest BCUT2D eigenvalue weighted by molar-refractivity contribution is 5.94. The number of Topliss-reactive ketones (excluding diaryl/α,β-unsaturated/α-hetero) is 1. The van der Waals surface area contributed by atoms with Crippen LogP contribution in [-0.2, 0) is 11.2 Å². The lowest BCUT2D eigenvalue weighted by molar-refractivity contribution is -0.132. The molecule has 0 saturated carbocycles. The van der Waals surface area contributed by atoms with Gasteiger partial charge in [0.05, 0.1) is 6.42 Å². The number of carbonyl (C=O) groups is 2. The first-order valence-corrected chi connectivity index (χ1v) is 8.16. The van der Waals surface area contributed by atoms with Crippen LogP contribution in [0.1, 0.15) is 42.1 Å². The molecule has 118 valence electrons. The van der Waals surface area contributed by atoms with Crippen LogP contribution in [-0.4, -0.2) is 42.8 Å². The highest BCUT2D eigenvalue weighted by Gasteiger charge is 2.37. The van der Waals surface area contributed by atoms with Crippen molar-refractivity contribution in [3.05, 3.63) is 35.4 Å².